The number of carbonyl (C=O) groups is 1. The van der Waals surface area contributed by atoms with E-state index in [1.807, 2.05) is 36.4 Å². The quantitative estimate of drug-likeness (QED) is 0.703. The van der Waals surface area contributed by atoms with Crippen LogP contribution in [-0.2, 0) is 13.1 Å². The average molecular weight is 348 g/mol. The van der Waals surface area contributed by atoms with Crippen LogP contribution >= 0.6 is 0 Å². The van der Waals surface area contributed by atoms with Crippen molar-refractivity contribution in [2.75, 3.05) is 7.05 Å². The molecule has 0 heterocycles. The van der Waals surface area contributed by atoms with Crippen molar-refractivity contribution < 1.29 is 9.18 Å². The molecule has 0 aliphatic heterocycles. The van der Waals surface area contributed by atoms with Crippen molar-refractivity contribution in [1.82, 2.24) is 10.2 Å². The van der Waals surface area contributed by atoms with Gasteiger partial charge in [-0.2, -0.15) is 0 Å². The Labute approximate surface area is 153 Å². The second-order valence-electron chi connectivity index (χ2n) is 6.13. The van der Waals surface area contributed by atoms with E-state index in [0.717, 1.165) is 16.7 Å². The third kappa shape index (κ3) is 4.28. The fourth-order valence-electron chi connectivity index (χ4n) is 2.83. The highest BCUT2D eigenvalue weighted by molar-refractivity contribution is 5.75. The maximum Gasteiger partial charge on any atom is 0.317 e. The molecule has 4 heteroatoms. The van der Waals surface area contributed by atoms with Crippen molar-refractivity contribution in [1.29, 1.82) is 0 Å². The zero-order valence-corrected chi connectivity index (χ0v) is 14.7. The molecule has 0 saturated heterocycles. The van der Waals surface area contributed by atoms with Crippen LogP contribution in [0.1, 0.15) is 11.1 Å². The Morgan fingerprint density at radius 3 is 2.23 bits per heavy atom. The summed E-state index contributed by atoms with van der Waals surface area (Å²) < 4.78 is 13.7. The summed E-state index contributed by atoms with van der Waals surface area (Å²) in [6.07, 6.45) is 0. The zero-order valence-electron chi connectivity index (χ0n) is 14.7. The lowest BCUT2D eigenvalue weighted by Gasteiger charge is -2.20. The van der Waals surface area contributed by atoms with Crippen LogP contribution in [0.25, 0.3) is 11.1 Å². The number of hydrogen-bond acceptors (Lipinski definition) is 1. The largest absolute Gasteiger partial charge is 0.334 e. The SMILES string of the molecule is CN(Cc1ccccc1-c1ccccc1)C(=O)NCc1ccccc1F. The van der Waals surface area contributed by atoms with E-state index in [0.29, 0.717) is 12.1 Å². The van der Waals surface area contributed by atoms with Crippen molar-refractivity contribution in [2.24, 2.45) is 0 Å². The first-order valence-corrected chi connectivity index (χ1v) is 8.51. The maximum atomic E-state index is 13.7. The number of hydrogen-bond donors (Lipinski definition) is 1. The third-order valence-electron chi connectivity index (χ3n) is 4.24. The van der Waals surface area contributed by atoms with E-state index in [9.17, 15) is 9.18 Å². The molecule has 0 aliphatic rings. The molecule has 0 unspecified atom stereocenters. The standard InChI is InChI=1S/C22H21FN2O/c1-25(22(26)24-15-18-11-6-8-14-21(18)23)16-19-12-5-7-13-20(19)17-9-3-2-4-10-17/h2-14H,15-16H2,1H3,(H,24,26). The molecular formula is C22H21FN2O. The summed E-state index contributed by atoms with van der Waals surface area (Å²) in [6.45, 7) is 0.629. The van der Waals surface area contributed by atoms with Gasteiger partial charge in [0.05, 0.1) is 0 Å². The smallest absolute Gasteiger partial charge is 0.317 e. The molecule has 0 atom stereocenters. The predicted molar refractivity (Wildman–Crippen MR) is 102 cm³/mol. The van der Waals surface area contributed by atoms with Gasteiger partial charge >= 0.3 is 6.03 Å². The van der Waals surface area contributed by atoms with Crippen LogP contribution in [0, 0.1) is 5.82 Å². The Kier molecular flexibility index (Phi) is 5.64. The van der Waals surface area contributed by atoms with Gasteiger partial charge in [-0.05, 0) is 22.8 Å². The third-order valence-corrected chi connectivity index (χ3v) is 4.24. The van der Waals surface area contributed by atoms with Crippen LogP contribution in [0.5, 0.6) is 0 Å². The normalized spacial score (nSPS) is 10.4. The predicted octanol–water partition coefficient (Wildman–Crippen LogP) is 4.83. The molecule has 3 nitrogen and oxygen atoms in total. The van der Waals surface area contributed by atoms with Gasteiger partial charge in [-0.15, -0.1) is 0 Å². The van der Waals surface area contributed by atoms with E-state index < -0.39 is 0 Å². The van der Waals surface area contributed by atoms with E-state index in [1.54, 1.807) is 30.1 Å². The monoisotopic (exact) mass is 348 g/mol. The van der Waals surface area contributed by atoms with Crippen molar-refractivity contribution >= 4 is 6.03 Å². The summed E-state index contributed by atoms with van der Waals surface area (Å²) in [5.74, 6) is -0.315. The zero-order chi connectivity index (χ0) is 18.4. The number of urea groups is 1. The van der Waals surface area contributed by atoms with Gasteiger partial charge in [0.1, 0.15) is 5.82 Å². The number of carbonyl (C=O) groups excluding carboxylic acids is 1. The fraction of sp³-hybridized carbons (Fsp3) is 0.136. The van der Waals surface area contributed by atoms with E-state index in [2.05, 4.69) is 23.5 Å². The van der Waals surface area contributed by atoms with E-state index in [4.69, 9.17) is 0 Å². The Bertz CT molecular complexity index is 880. The maximum absolute atomic E-state index is 13.7. The molecule has 26 heavy (non-hydrogen) atoms. The fourth-order valence-corrected chi connectivity index (χ4v) is 2.83. The van der Waals surface area contributed by atoms with Crippen molar-refractivity contribution in [3.63, 3.8) is 0 Å². The van der Waals surface area contributed by atoms with Crippen LogP contribution in [-0.4, -0.2) is 18.0 Å². The summed E-state index contributed by atoms with van der Waals surface area (Å²) >= 11 is 0. The van der Waals surface area contributed by atoms with E-state index in [-0.39, 0.29) is 18.4 Å². The molecule has 0 aliphatic carbocycles. The second-order valence-corrected chi connectivity index (χ2v) is 6.13. The van der Waals surface area contributed by atoms with Gasteiger partial charge in [-0.25, -0.2) is 9.18 Å². The van der Waals surface area contributed by atoms with Gasteiger partial charge in [0, 0.05) is 25.7 Å². The summed E-state index contributed by atoms with van der Waals surface area (Å²) in [6, 6.07) is 24.3. The molecule has 132 valence electrons. The van der Waals surface area contributed by atoms with Crippen LogP contribution in [0.2, 0.25) is 0 Å². The minimum atomic E-state index is -0.315. The second kappa shape index (κ2) is 8.30. The molecule has 3 aromatic rings. The number of halogens is 1. The Hall–Kier alpha value is -3.14. The molecule has 0 fully saturated rings. The van der Waals surface area contributed by atoms with Crippen LogP contribution in [0.15, 0.2) is 78.9 Å². The van der Waals surface area contributed by atoms with Crippen molar-refractivity contribution in [2.45, 2.75) is 13.1 Å². The molecule has 2 amide bonds. The minimum absolute atomic E-state index is 0.163. The first kappa shape index (κ1) is 17.7. The van der Waals surface area contributed by atoms with Crippen molar-refractivity contribution in [3.05, 3.63) is 95.8 Å². The number of rotatable bonds is 5. The summed E-state index contributed by atoms with van der Waals surface area (Å²) in [5, 5.41) is 2.77. The summed E-state index contributed by atoms with van der Waals surface area (Å²) in [5.41, 5.74) is 3.74. The molecule has 1 N–H and O–H groups in total. The molecule has 3 aromatic carbocycles. The Balaban J connectivity index is 1.67. The number of nitrogens with one attached hydrogen (secondary N) is 1. The van der Waals surface area contributed by atoms with E-state index in [1.165, 1.54) is 6.07 Å². The lowest BCUT2D eigenvalue weighted by atomic mass is 9.99. The van der Waals surface area contributed by atoms with Gasteiger partial charge in [0.25, 0.3) is 0 Å². The molecule has 0 bridgehead atoms. The van der Waals surface area contributed by atoms with Gasteiger partial charge in [0.2, 0.25) is 0 Å². The van der Waals surface area contributed by atoms with Crippen LogP contribution in [0.3, 0.4) is 0 Å². The highest BCUT2D eigenvalue weighted by Gasteiger charge is 2.12. The van der Waals surface area contributed by atoms with Gasteiger partial charge in [-0.1, -0.05) is 72.8 Å². The first-order valence-electron chi connectivity index (χ1n) is 8.51. The van der Waals surface area contributed by atoms with Crippen LogP contribution < -0.4 is 5.32 Å². The van der Waals surface area contributed by atoms with Gasteiger partial charge in [0.15, 0.2) is 0 Å². The molecule has 0 spiro atoms. The number of benzene rings is 3. The molecule has 0 radical (unpaired) electrons. The molecule has 3 rings (SSSR count). The Morgan fingerprint density at radius 2 is 1.50 bits per heavy atom. The lowest BCUT2D eigenvalue weighted by Crippen LogP contribution is -2.36. The van der Waals surface area contributed by atoms with Crippen molar-refractivity contribution in [3.8, 4) is 11.1 Å². The summed E-state index contributed by atoms with van der Waals surface area (Å²) in [4.78, 5) is 14.0. The average Bonchev–Trinajstić information content (AvgIpc) is 2.68. The van der Waals surface area contributed by atoms with Gasteiger partial charge in [-0.3, -0.25) is 0 Å². The number of amides is 2. The Morgan fingerprint density at radius 1 is 0.885 bits per heavy atom. The number of nitrogens with zero attached hydrogens (tertiary/aromatic N) is 1. The minimum Gasteiger partial charge on any atom is -0.334 e. The molecule has 0 aromatic heterocycles. The highest BCUT2D eigenvalue weighted by Crippen LogP contribution is 2.24. The molecular weight excluding hydrogens is 327 g/mol. The topological polar surface area (TPSA) is 32.3 Å². The molecule has 0 saturated carbocycles. The highest BCUT2D eigenvalue weighted by atomic mass is 19.1. The van der Waals surface area contributed by atoms with Crippen LogP contribution in [0.4, 0.5) is 9.18 Å². The van der Waals surface area contributed by atoms with Gasteiger partial charge < -0.3 is 10.2 Å². The van der Waals surface area contributed by atoms with E-state index >= 15 is 0 Å². The first-order chi connectivity index (χ1) is 12.6. The lowest BCUT2D eigenvalue weighted by molar-refractivity contribution is 0.206. The summed E-state index contributed by atoms with van der Waals surface area (Å²) in [7, 11) is 1.73.